The number of aliphatic hydroxyl groups is 1. The summed E-state index contributed by atoms with van der Waals surface area (Å²) in [6, 6.07) is 11.3. The summed E-state index contributed by atoms with van der Waals surface area (Å²) in [5.74, 6) is -1.25. The molecule has 1 aliphatic rings. The van der Waals surface area contributed by atoms with Crippen LogP contribution in [0.2, 0.25) is 10.0 Å². The summed E-state index contributed by atoms with van der Waals surface area (Å²) >= 11 is 15.1. The molecule has 3 heterocycles. The Labute approximate surface area is 358 Å². The van der Waals surface area contributed by atoms with Gasteiger partial charge in [0.05, 0.1) is 0 Å². The van der Waals surface area contributed by atoms with Crippen molar-refractivity contribution in [3.63, 3.8) is 0 Å². The van der Waals surface area contributed by atoms with Crippen LogP contribution in [0.25, 0.3) is 20.2 Å². The highest BCUT2D eigenvalue weighted by molar-refractivity contribution is 7.17. The molecule has 7 N–H and O–H groups in total. The van der Waals surface area contributed by atoms with E-state index >= 15 is 0 Å². The van der Waals surface area contributed by atoms with Crippen LogP contribution in [0.15, 0.2) is 93.2 Å². The predicted molar refractivity (Wildman–Crippen MR) is 240 cm³/mol. The molecule has 0 atom stereocenters. The van der Waals surface area contributed by atoms with E-state index in [2.05, 4.69) is 5.32 Å². The number of hydrogen-bond acceptors (Lipinski definition) is 12. The van der Waals surface area contributed by atoms with E-state index in [1.54, 1.807) is 64.2 Å². The van der Waals surface area contributed by atoms with Crippen LogP contribution >= 0.6 is 45.9 Å². The lowest BCUT2D eigenvalue weighted by Gasteiger charge is -2.30. The number of dihydropyridines is 1. The van der Waals surface area contributed by atoms with Gasteiger partial charge in [0.1, 0.15) is 0 Å². The van der Waals surface area contributed by atoms with Crippen LogP contribution in [0.3, 0.4) is 0 Å². The molecule has 15 heteroatoms. The Morgan fingerprint density at radius 3 is 1.41 bits per heavy atom. The highest BCUT2D eigenvalue weighted by Crippen LogP contribution is 2.44. The van der Waals surface area contributed by atoms with Gasteiger partial charge in [0.15, 0.2) is 29.4 Å². The first kappa shape index (κ1) is 53.1. The van der Waals surface area contributed by atoms with E-state index < -0.39 is 5.97 Å². The average molecular weight is 875 g/mol. The zero-order valence-electron chi connectivity index (χ0n) is 34.6. The van der Waals surface area contributed by atoms with Crippen LogP contribution in [0.4, 0.5) is 0 Å². The Balaban J connectivity index is 0.000000794. The van der Waals surface area contributed by atoms with Crippen molar-refractivity contribution in [1.29, 1.82) is 0 Å². The van der Waals surface area contributed by atoms with Gasteiger partial charge in [0, 0.05) is 88.7 Å². The van der Waals surface area contributed by atoms with Crippen molar-refractivity contribution in [1.82, 2.24) is 5.32 Å². The molecule has 2 aromatic heterocycles. The molecule has 4 aromatic rings. The summed E-state index contributed by atoms with van der Waals surface area (Å²) < 4.78 is 2.19. The van der Waals surface area contributed by atoms with Crippen LogP contribution in [0, 0.1) is 0 Å². The van der Waals surface area contributed by atoms with Crippen molar-refractivity contribution in [3.8, 4) is 0 Å². The molecule has 0 aliphatic carbocycles. The first-order valence-corrected chi connectivity index (χ1v) is 20.1. The number of hydrogen-bond donors (Lipinski definition) is 5. The number of fused-ring (bicyclic) bond motifs is 2. The number of aliphatic hydroxyl groups excluding tert-OH is 1. The topological polar surface area (TPSA) is 207 Å². The maximum absolute atomic E-state index is 12.3. The number of carboxylic acid groups (broad SMARTS) is 1. The number of halogens is 2. The van der Waals surface area contributed by atoms with Crippen LogP contribution in [-0.2, 0) is 24.0 Å². The highest BCUT2D eigenvalue weighted by Gasteiger charge is 2.34. The van der Waals surface area contributed by atoms with Crippen molar-refractivity contribution in [2.45, 2.75) is 88.2 Å². The number of carboxylic acids is 1. The first-order chi connectivity index (χ1) is 26.8. The van der Waals surface area contributed by atoms with E-state index in [9.17, 15) is 24.0 Å². The number of aliphatic carboxylic acids is 1. The molecule has 0 spiro atoms. The summed E-state index contributed by atoms with van der Waals surface area (Å²) in [4.78, 5) is 64.4. The average Bonchev–Trinajstić information content (AvgIpc) is 3.66. The number of Topliss-reactive ketones (excluding diaryl/α,β-unsaturated/α-hetero) is 2. The predicted octanol–water partition coefficient (Wildman–Crippen LogP) is 9.69. The van der Waals surface area contributed by atoms with E-state index in [0.29, 0.717) is 32.6 Å². The largest absolute Gasteiger partial charge is 0.481 e. The van der Waals surface area contributed by atoms with Gasteiger partial charge in [-0.15, -0.1) is 22.7 Å². The fraction of sp³-hybridized carbons (Fsp3) is 0.302. The number of thiophene rings is 2. The van der Waals surface area contributed by atoms with Crippen molar-refractivity contribution in [2.24, 2.45) is 11.5 Å². The molecule has 0 unspecified atom stereocenters. The van der Waals surface area contributed by atoms with Crippen molar-refractivity contribution < 1.29 is 39.0 Å². The second-order valence-electron chi connectivity index (χ2n) is 13.1. The van der Waals surface area contributed by atoms with Gasteiger partial charge in [-0.3, -0.25) is 28.8 Å². The smallest absolute Gasteiger partial charge is 0.300 e. The second-order valence-corrected chi connectivity index (χ2v) is 15.8. The number of nitrogens with one attached hydrogen (secondary N) is 1. The second kappa shape index (κ2) is 26.2. The third-order valence-corrected chi connectivity index (χ3v) is 9.38. The Morgan fingerprint density at radius 1 is 0.724 bits per heavy atom. The Morgan fingerprint density at radius 2 is 1.09 bits per heavy atom. The van der Waals surface area contributed by atoms with E-state index in [1.807, 2.05) is 61.0 Å². The van der Waals surface area contributed by atoms with E-state index in [4.69, 9.17) is 49.7 Å². The highest BCUT2D eigenvalue weighted by atomic mass is 35.5. The summed E-state index contributed by atoms with van der Waals surface area (Å²) in [5.41, 5.74) is 16.0. The number of carbonyl (C=O) groups excluding carboxylic acids is 5. The minimum Gasteiger partial charge on any atom is -0.481 e. The Bertz CT molecular complexity index is 2150. The fourth-order valence-electron chi connectivity index (χ4n) is 5.24. The molecule has 0 radical (unpaired) electrons. The maximum Gasteiger partial charge on any atom is 0.300 e. The third kappa shape index (κ3) is 19.5. The van der Waals surface area contributed by atoms with Crippen LogP contribution < -0.4 is 16.8 Å². The molecule has 0 saturated heterocycles. The lowest BCUT2D eigenvalue weighted by atomic mass is 9.77. The molecule has 5 rings (SSSR count). The molecule has 0 saturated carbocycles. The quantitative estimate of drug-likeness (QED) is 0.0910. The molecule has 58 heavy (non-hydrogen) atoms. The molecular formula is C43H53Cl2N3O8S2. The molecule has 11 nitrogen and oxygen atoms in total. The minimum absolute atomic E-state index is 0.000000000000000444. The number of rotatable bonds is 6. The molecule has 0 amide bonds. The summed E-state index contributed by atoms with van der Waals surface area (Å²) in [5, 5.41) is 25.8. The number of benzene rings is 2. The van der Waals surface area contributed by atoms with E-state index in [-0.39, 0.29) is 35.2 Å². The molecule has 2 aromatic carbocycles. The lowest BCUT2D eigenvalue weighted by molar-refractivity contribution is -0.134. The number of ketones is 4. The first-order valence-electron chi connectivity index (χ1n) is 17.6. The summed E-state index contributed by atoms with van der Waals surface area (Å²) in [6.45, 7) is 17.7. The SMILES string of the molecule is CC(=O)/C=C(\C)N.CC(=O)/C=C(\C)N.CC(=O)C1=C(C)NC(C)=C(C(C)=O)C1c1csc2ccc(Cl)cc12.CC(=O)O.CC(C)O.O=Cc1csc2ccc(Cl)cc12. The van der Waals surface area contributed by atoms with Gasteiger partial charge in [-0.05, 0) is 134 Å². The normalized spacial score (nSPS) is 12.5. The van der Waals surface area contributed by atoms with E-state index in [0.717, 1.165) is 55.9 Å². The Hall–Kier alpha value is -4.92. The number of aldehydes is 1. The summed E-state index contributed by atoms with van der Waals surface area (Å²) in [6.07, 6.45) is 3.47. The summed E-state index contributed by atoms with van der Waals surface area (Å²) in [7, 11) is 0. The monoisotopic (exact) mass is 873 g/mol. The Kier molecular flexibility index (Phi) is 23.9. The molecule has 0 fully saturated rings. The maximum atomic E-state index is 12.3. The fourth-order valence-corrected chi connectivity index (χ4v) is 7.44. The molecule has 0 bridgehead atoms. The number of carbonyl (C=O) groups is 6. The van der Waals surface area contributed by atoms with Crippen LogP contribution in [-0.4, -0.2) is 51.7 Å². The zero-order valence-corrected chi connectivity index (χ0v) is 37.7. The van der Waals surface area contributed by atoms with Crippen LogP contribution in [0.1, 0.15) is 98.0 Å². The minimum atomic E-state index is -0.833. The van der Waals surface area contributed by atoms with Crippen molar-refractivity contribution in [2.75, 3.05) is 0 Å². The number of nitrogens with two attached hydrogens (primary N) is 2. The number of allylic oxidation sites excluding steroid dienone is 8. The van der Waals surface area contributed by atoms with Crippen LogP contribution in [0.5, 0.6) is 0 Å². The van der Waals surface area contributed by atoms with Gasteiger partial charge in [-0.1, -0.05) is 23.2 Å². The third-order valence-electron chi connectivity index (χ3n) is 6.95. The molecular weight excluding hydrogens is 822 g/mol. The van der Waals surface area contributed by atoms with Gasteiger partial charge in [-0.25, -0.2) is 0 Å². The van der Waals surface area contributed by atoms with Gasteiger partial charge in [-0.2, -0.15) is 0 Å². The van der Waals surface area contributed by atoms with Gasteiger partial charge >= 0.3 is 0 Å². The van der Waals surface area contributed by atoms with Crippen molar-refractivity contribution >= 4 is 101 Å². The lowest BCUT2D eigenvalue weighted by Crippen LogP contribution is -2.29. The zero-order chi connectivity index (χ0) is 45.0. The van der Waals surface area contributed by atoms with E-state index in [1.165, 1.54) is 26.0 Å². The standard InChI is InChI=1S/C19H18ClNO2S.C9H5ClOS.2C5H9NO.C3H8O.C2H4O2/c1-9-17(11(3)22)19(18(12(4)23)10(2)21-9)15-8-24-16-6-5-13(20)7-14(15)16;10-7-1-2-9-8(3-7)6(4-11)5-12-9;2*1-4(6)3-5(2)7;1-3(2)4;1-2(3)4/h5-8,19,21H,1-4H3;1-5H;2*3H,6H2,1-2H3;3-4H,1-2H3;1H3,(H,3,4)/b;;2*4-3+;;. The van der Waals surface area contributed by atoms with Gasteiger partial charge in [0.2, 0.25) is 0 Å². The van der Waals surface area contributed by atoms with Crippen molar-refractivity contribution in [3.05, 3.63) is 114 Å². The van der Waals surface area contributed by atoms with Gasteiger partial charge < -0.3 is 27.0 Å². The molecule has 314 valence electrons. The van der Waals surface area contributed by atoms with Gasteiger partial charge in [0.25, 0.3) is 5.97 Å². The molecule has 1 aliphatic heterocycles.